The van der Waals surface area contributed by atoms with Gasteiger partial charge in [0, 0.05) is 30.1 Å². The number of anilines is 2. The monoisotopic (exact) mass is 565 g/mol. The van der Waals surface area contributed by atoms with Crippen molar-refractivity contribution in [3.8, 4) is 0 Å². The van der Waals surface area contributed by atoms with Gasteiger partial charge in [-0.05, 0) is 66.8 Å². The van der Waals surface area contributed by atoms with Crippen LogP contribution >= 0.6 is 0 Å². The molecule has 3 aromatic rings. The number of aromatic nitrogens is 1. The minimum Gasteiger partial charge on any atom is -0.335 e. The normalized spacial score (nSPS) is 18.2. The highest BCUT2D eigenvalue weighted by Gasteiger charge is 2.51. The minimum absolute atomic E-state index is 0.148. The summed E-state index contributed by atoms with van der Waals surface area (Å²) >= 11 is 0. The Morgan fingerprint density at radius 1 is 1.12 bits per heavy atom. The van der Waals surface area contributed by atoms with E-state index in [2.05, 4.69) is 20.9 Å². The average Bonchev–Trinajstić information content (AvgIpc) is 3.46. The largest absolute Gasteiger partial charge is 0.335 e. The van der Waals surface area contributed by atoms with Gasteiger partial charge in [-0.15, -0.1) is 0 Å². The van der Waals surface area contributed by atoms with Crippen LogP contribution in [0.4, 0.5) is 29.5 Å². The summed E-state index contributed by atoms with van der Waals surface area (Å²) in [5.41, 5.74) is -0.00811. The molecule has 4 amide bonds. The molecule has 0 saturated heterocycles. The second kappa shape index (κ2) is 10.7. The molecule has 0 bridgehead atoms. The molecule has 1 aliphatic carbocycles. The Hall–Kier alpha value is -4.74. The van der Waals surface area contributed by atoms with Crippen molar-refractivity contribution in [2.75, 3.05) is 30.4 Å². The number of alkyl halides is 1. The van der Waals surface area contributed by atoms with Crippen LogP contribution in [0.15, 0.2) is 54.7 Å². The molecule has 1 aliphatic heterocycles. The number of halogens is 3. The quantitative estimate of drug-likeness (QED) is 0.362. The highest BCUT2D eigenvalue weighted by molar-refractivity contribution is 6.06. The zero-order valence-electron chi connectivity index (χ0n) is 22.0. The first-order valence-electron chi connectivity index (χ1n) is 12.8. The number of urea groups is 1. The summed E-state index contributed by atoms with van der Waals surface area (Å²) in [5.74, 6) is -2.30. The van der Waals surface area contributed by atoms with Crippen molar-refractivity contribution >= 4 is 35.6 Å². The number of rotatable bonds is 8. The molecule has 9 nitrogen and oxygen atoms in total. The number of fused-ring (bicyclic) bond motifs is 3. The molecule has 3 N–H and O–H groups in total. The van der Waals surface area contributed by atoms with Crippen LogP contribution in [0, 0.1) is 11.6 Å². The van der Waals surface area contributed by atoms with Gasteiger partial charge in [-0.1, -0.05) is 12.1 Å². The molecule has 41 heavy (non-hydrogen) atoms. The lowest BCUT2D eigenvalue weighted by atomic mass is 9.79. The van der Waals surface area contributed by atoms with E-state index in [-0.39, 0.29) is 17.8 Å². The van der Waals surface area contributed by atoms with Gasteiger partial charge in [0.2, 0.25) is 11.8 Å². The zero-order valence-corrected chi connectivity index (χ0v) is 22.0. The first-order valence-corrected chi connectivity index (χ1v) is 12.8. The third-order valence-electron chi connectivity index (χ3n) is 7.62. The molecular weight excluding hydrogens is 539 g/mol. The number of carbonyl (C=O) groups excluding carboxylic acids is 4. The topological polar surface area (TPSA) is 120 Å². The van der Waals surface area contributed by atoms with Crippen molar-refractivity contribution in [2.24, 2.45) is 0 Å². The molecular formula is C29H26F3N5O4. The molecule has 0 radical (unpaired) electrons. The number of nitrogens with one attached hydrogen (secondary N) is 3. The summed E-state index contributed by atoms with van der Waals surface area (Å²) in [6, 6.07) is 10.2. The molecule has 0 fully saturated rings. The van der Waals surface area contributed by atoms with Crippen molar-refractivity contribution in [2.45, 2.75) is 30.7 Å². The molecule has 0 saturated carbocycles. The number of pyridine rings is 1. The van der Waals surface area contributed by atoms with Crippen LogP contribution in [0.1, 0.15) is 29.2 Å². The van der Waals surface area contributed by atoms with E-state index in [1.807, 2.05) is 6.07 Å². The van der Waals surface area contributed by atoms with Crippen LogP contribution in [0.3, 0.4) is 0 Å². The summed E-state index contributed by atoms with van der Waals surface area (Å²) in [4.78, 5) is 56.4. The summed E-state index contributed by atoms with van der Waals surface area (Å²) in [6.07, 6.45) is 2.75. The summed E-state index contributed by atoms with van der Waals surface area (Å²) < 4.78 is 40.8. The second-order valence-electron chi connectivity index (χ2n) is 10.3. The van der Waals surface area contributed by atoms with Gasteiger partial charge in [0.15, 0.2) is 0 Å². The number of aldehydes is 1. The van der Waals surface area contributed by atoms with Crippen LogP contribution in [-0.2, 0) is 38.2 Å². The molecule has 1 spiro atoms. The fourth-order valence-electron chi connectivity index (χ4n) is 5.52. The molecule has 12 heteroatoms. The van der Waals surface area contributed by atoms with Crippen LogP contribution in [0.25, 0.3) is 0 Å². The van der Waals surface area contributed by atoms with Gasteiger partial charge in [0.1, 0.15) is 42.5 Å². The Morgan fingerprint density at radius 2 is 1.85 bits per heavy atom. The van der Waals surface area contributed by atoms with E-state index in [1.165, 1.54) is 6.92 Å². The Balaban J connectivity index is 1.38. The number of hydrogen-bond acceptors (Lipinski definition) is 5. The molecule has 212 valence electrons. The number of hydrogen-bond donors (Lipinski definition) is 3. The maximum atomic E-state index is 14.0. The molecule has 2 aromatic carbocycles. The SMILES string of the molecule is CC(C=O)(c1cc(F)cc(F)c1)N(CC(=O)Nc1ccc2c(c1)C[C@@]1(C2)C(=O)Nc2ncccc21)C(=O)NCCF. The van der Waals surface area contributed by atoms with Crippen LogP contribution in [0.5, 0.6) is 0 Å². The van der Waals surface area contributed by atoms with E-state index in [0.29, 0.717) is 30.4 Å². The Labute approximate surface area is 233 Å². The summed E-state index contributed by atoms with van der Waals surface area (Å²) in [7, 11) is 0. The maximum Gasteiger partial charge on any atom is 0.319 e. The third kappa shape index (κ3) is 5.01. The number of amides is 4. The van der Waals surface area contributed by atoms with Gasteiger partial charge in [-0.2, -0.15) is 0 Å². The Kier molecular flexibility index (Phi) is 7.24. The lowest BCUT2D eigenvalue weighted by molar-refractivity contribution is -0.122. The first-order chi connectivity index (χ1) is 19.6. The van der Waals surface area contributed by atoms with E-state index in [1.54, 1.807) is 30.5 Å². The predicted molar refractivity (Wildman–Crippen MR) is 143 cm³/mol. The van der Waals surface area contributed by atoms with Gasteiger partial charge in [0.05, 0.1) is 5.41 Å². The predicted octanol–water partition coefficient (Wildman–Crippen LogP) is 3.38. The van der Waals surface area contributed by atoms with Crippen LogP contribution in [0.2, 0.25) is 0 Å². The number of benzene rings is 2. The summed E-state index contributed by atoms with van der Waals surface area (Å²) in [6.45, 7) is -0.784. The van der Waals surface area contributed by atoms with Crippen molar-refractivity contribution in [1.29, 1.82) is 0 Å². The van der Waals surface area contributed by atoms with E-state index < -0.39 is 54.3 Å². The van der Waals surface area contributed by atoms with Gasteiger partial charge < -0.3 is 20.7 Å². The standard InChI is InChI=1S/C29H26F3N5O4/c1-28(16-38,19-10-20(31)12-21(32)11-19)37(27(41)34-8-6-30)15-24(39)35-22-5-4-17-13-29(14-18(17)9-22)23-3-2-7-33-25(23)36-26(29)40/h2-5,7,9-12,16H,6,8,13-15H2,1H3,(H,34,41)(H,35,39)(H,33,36,40)/t28?,29-/m1/s1. The number of carbonyl (C=O) groups is 4. The fourth-order valence-corrected chi connectivity index (χ4v) is 5.52. The molecule has 2 atom stereocenters. The maximum absolute atomic E-state index is 14.0. The smallest absolute Gasteiger partial charge is 0.319 e. The van der Waals surface area contributed by atoms with E-state index in [0.717, 1.165) is 33.7 Å². The van der Waals surface area contributed by atoms with E-state index in [4.69, 9.17) is 0 Å². The Morgan fingerprint density at radius 3 is 2.56 bits per heavy atom. The van der Waals surface area contributed by atoms with Crippen molar-refractivity contribution in [3.05, 3.63) is 88.6 Å². The van der Waals surface area contributed by atoms with Gasteiger partial charge in [0.25, 0.3) is 0 Å². The van der Waals surface area contributed by atoms with E-state index in [9.17, 15) is 32.3 Å². The highest BCUT2D eigenvalue weighted by Crippen LogP contribution is 2.47. The molecule has 5 rings (SSSR count). The molecule has 2 aliphatic rings. The van der Waals surface area contributed by atoms with Gasteiger partial charge >= 0.3 is 6.03 Å². The van der Waals surface area contributed by atoms with Crippen molar-refractivity contribution in [3.63, 3.8) is 0 Å². The fraction of sp³-hybridized carbons (Fsp3) is 0.276. The zero-order chi connectivity index (χ0) is 29.4. The highest BCUT2D eigenvalue weighted by atomic mass is 19.1. The Bertz CT molecular complexity index is 1550. The van der Waals surface area contributed by atoms with Gasteiger partial charge in [-0.25, -0.2) is 22.9 Å². The lowest BCUT2D eigenvalue weighted by Crippen LogP contribution is -2.55. The van der Waals surface area contributed by atoms with Crippen LogP contribution < -0.4 is 16.0 Å². The third-order valence-corrected chi connectivity index (χ3v) is 7.62. The van der Waals surface area contributed by atoms with Gasteiger partial charge in [-0.3, -0.25) is 14.5 Å². The average molecular weight is 566 g/mol. The second-order valence-corrected chi connectivity index (χ2v) is 10.3. The lowest BCUT2D eigenvalue weighted by Gasteiger charge is -2.37. The molecule has 1 aromatic heterocycles. The van der Waals surface area contributed by atoms with Crippen LogP contribution in [-0.4, -0.2) is 53.8 Å². The molecule has 1 unspecified atom stereocenters. The summed E-state index contributed by atoms with van der Waals surface area (Å²) in [5, 5.41) is 7.78. The van der Waals surface area contributed by atoms with E-state index >= 15 is 0 Å². The van der Waals surface area contributed by atoms with Crippen molar-refractivity contribution in [1.82, 2.24) is 15.2 Å². The van der Waals surface area contributed by atoms with Crippen molar-refractivity contribution < 1.29 is 32.3 Å². The molecule has 2 heterocycles. The minimum atomic E-state index is -1.97. The first kappa shape index (κ1) is 27.8. The number of nitrogens with zero attached hydrogens (tertiary/aromatic N) is 2.